The standard InChI is InChI=1S/C17H19BrO3/c1-20-10-6-11(18)15(12(7-10)21-2)17(19)16-13-8-3-4-9(5-8)14(13)16/h6-9,13-14,16H,3-5H2,1-2H3. The van der Waals surface area contributed by atoms with Crippen molar-refractivity contribution < 1.29 is 14.3 Å². The Labute approximate surface area is 133 Å². The van der Waals surface area contributed by atoms with Gasteiger partial charge in [0.2, 0.25) is 0 Å². The fourth-order valence-electron chi connectivity index (χ4n) is 4.92. The number of ketones is 1. The van der Waals surface area contributed by atoms with Crippen LogP contribution in [0.5, 0.6) is 11.5 Å². The zero-order valence-electron chi connectivity index (χ0n) is 12.3. The summed E-state index contributed by atoms with van der Waals surface area (Å²) in [6.07, 6.45) is 4.02. The lowest BCUT2D eigenvalue weighted by atomic mass is 9.95. The smallest absolute Gasteiger partial charge is 0.171 e. The van der Waals surface area contributed by atoms with E-state index < -0.39 is 0 Å². The van der Waals surface area contributed by atoms with Crippen LogP contribution in [0.2, 0.25) is 0 Å². The molecule has 0 heterocycles. The molecule has 0 radical (unpaired) electrons. The number of rotatable bonds is 4. The Morgan fingerprint density at radius 2 is 1.81 bits per heavy atom. The molecule has 3 aliphatic carbocycles. The van der Waals surface area contributed by atoms with E-state index >= 15 is 0 Å². The second-order valence-corrected chi connectivity index (χ2v) is 7.42. The van der Waals surface area contributed by atoms with Gasteiger partial charge in [0.1, 0.15) is 11.5 Å². The van der Waals surface area contributed by atoms with E-state index in [-0.39, 0.29) is 11.7 Å². The zero-order valence-corrected chi connectivity index (χ0v) is 13.9. The number of methoxy groups -OCH3 is 2. The molecule has 3 saturated carbocycles. The number of benzene rings is 1. The van der Waals surface area contributed by atoms with E-state index in [1.807, 2.05) is 6.07 Å². The van der Waals surface area contributed by atoms with Crippen molar-refractivity contribution in [2.75, 3.05) is 14.2 Å². The van der Waals surface area contributed by atoms with Gasteiger partial charge in [0.05, 0.1) is 19.8 Å². The van der Waals surface area contributed by atoms with Crippen LogP contribution in [-0.4, -0.2) is 20.0 Å². The van der Waals surface area contributed by atoms with Crippen LogP contribution in [0.15, 0.2) is 16.6 Å². The third-order valence-electron chi connectivity index (χ3n) is 5.77. The first-order valence-corrected chi connectivity index (χ1v) is 8.40. The monoisotopic (exact) mass is 350 g/mol. The Balaban J connectivity index is 1.66. The average Bonchev–Trinajstić information content (AvgIpc) is 2.93. The van der Waals surface area contributed by atoms with Gasteiger partial charge in [-0.3, -0.25) is 4.79 Å². The number of ether oxygens (including phenoxy) is 2. The van der Waals surface area contributed by atoms with E-state index in [9.17, 15) is 4.79 Å². The summed E-state index contributed by atoms with van der Waals surface area (Å²) in [6, 6.07) is 3.65. The number of hydrogen-bond acceptors (Lipinski definition) is 3. The van der Waals surface area contributed by atoms with Crippen molar-refractivity contribution in [3.8, 4) is 11.5 Å². The van der Waals surface area contributed by atoms with Crippen LogP contribution in [0, 0.1) is 29.6 Å². The van der Waals surface area contributed by atoms with Crippen LogP contribution < -0.4 is 9.47 Å². The Morgan fingerprint density at radius 1 is 1.14 bits per heavy atom. The summed E-state index contributed by atoms with van der Waals surface area (Å²) in [4.78, 5) is 13.0. The third-order valence-corrected chi connectivity index (χ3v) is 6.39. The van der Waals surface area contributed by atoms with Crippen LogP contribution in [0.1, 0.15) is 29.6 Å². The molecule has 4 atom stereocenters. The van der Waals surface area contributed by atoms with Crippen molar-refractivity contribution >= 4 is 21.7 Å². The largest absolute Gasteiger partial charge is 0.497 e. The molecule has 4 rings (SSSR count). The summed E-state index contributed by atoms with van der Waals surface area (Å²) in [5.74, 6) is 4.71. The summed E-state index contributed by atoms with van der Waals surface area (Å²) < 4.78 is 11.5. The maximum absolute atomic E-state index is 13.0. The van der Waals surface area contributed by atoms with Crippen molar-refractivity contribution in [1.29, 1.82) is 0 Å². The van der Waals surface area contributed by atoms with Gasteiger partial charge in [-0.15, -0.1) is 0 Å². The summed E-state index contributed by atoms with van der Waals surface area (Å²) in [6.45, 7) is 0. The fourth-order valence-corrected chi connectivity index (χ4v) is 5.53. The first-order valence-electron chi connectivity index (χ1n) is 7.61. The van der Waals surface area contributed by atoms with Crippen LogP contribution in [-0.2, 0) is 0 Å². The second kappa shape index (κ2) is 4.73. The van der Waals surface area contributed by atoms with Gasteiger partial charge in [0, 0.05) is 16.5 Å². The lowest BCUT2D eigenvalue weighted by Gasteiger charge is -2.14. The SMILES string of the molecule is COc1cc(Br)c(C(=O)C2C3C4CCC(C4)C23)c(OC)c1. The molecule has 2 bridgehead atoms. The quantitative estimate of drug-likeness (QED) is 0.771. The van der Waals surface area contributed by atoms with E-state index in [4.69, 9.17) is 9.47 Å². The number of Topliss-reactive ketones (excluding diaryl/α,β-unsaturated/α-hetero) is 1. The summed E-state index contributed by atoms with van der Waals surface area (Å²) in [7, 11) is 3.22. The van der Waals surface area contributed by atoms with Crippen molar-refractivity contribution in [2.24, 2.45) is 29.6 Å². The molecule has 0 amide bonds. The van der Waals surface area contributed by atoms with Crippen LogP contribution >= 0.6 is 15.9 Å². The number of carbonyl (C=O) groups is 1. The highest BCUT2D eigenvalue weighted by Crippen LogP contribution is 2.70. The molecule has 3 aliphatic rings. The Hall–Kier alpha value is -1.03. The highest BCUT2D eigenvalue weighted by molar-refractivity contribution is 9.10. The molecule has 4 unspecified atom stereocenters. The topological polar surface area (TPSA) is 35.5 Å². The van der Waals surface area contributed by atoms with Gasteiger partial charge in [0.15, 0.2) is 5.78 Å². The first-order chi connectivity index (χ1) is 10.2. The van der Waals surface area contributed by atoms with Gasteiger partial charge in [0.25, 0.3) is 0 Å². The second-order valence-electron chi connectivity index (χ2n) is 6.56. The minimum atomic E-state index is 0.231. The lowest BCUT2D eigenvalue weighted by Crippen LogP contribution is -2.12. The highest BCUT2D eigenvalue weighted by Gasteiger charge is 2.67. The summed E-state index contributed by atoms with van der Waals surface area (Å²) in [5, 5.41) is 0. The molecule has 0 N–H and O–H groups in total. The van der Waals surface area contributed by atoms with Crippen LogP contribution in [0.4, 0.5) is 0 Å². The molecule has 0 spiro atoms. The summed E-state index contributed by atoms with van der Waals surface area (Å²) in [5.41, 5.74) is 0.692. The van der Waals surface area contributed by atoms with E-state index in [0.717, 1.165) is 16.3 Å². The average molecular weight is 351 g/mol. The lowest BCUT2D eigenvalue weighted by molar-refractivity contribution is 0.0940. The van der Waals surface area contributed by atoms with E-state index in [1.54, 1.807) is 20.3 Å². The predicted octanol–water partition coefficient (Wildman–Crippen LogP) is 3.94. The molecular formula is C17H19BrO3. The predicted molar refractivity (Wildman–Crippen MR) is 82.9 cm³/mol. The minimum Gasteiger partial charge on any atom is -0.497 e. The molecule has 3 nitrogen and oxygen atoms in total. The van der Waals surface area contributed by atoms with E-state index in [2.05, 4.69) is 15.9 Å². The zero-order chi connectivity index (χ0) is 14.7. The number of halogens is 1. The van der Waals surface area contributed by atoms with Crippen LogP contribution in [0.3, 0.4) is 0 Å². The number of carbonyl (C=O) groups excluding carboxylic acids is 1. The first kappa shape index (κ1) is 13.6. The Bertz CT molecular complexity index is 596. The van der Waals surface area contributed by atoms with E-state index in [0.29, 0.717) is 28.9 Å². The van der Waals surface area contributed by atoms with Gasteiger partial charge >= 0.3 is 0 Å². The summed E-state index contributed by atoms with van der Waals surface area (Å²) >= 11 is 3.52. The molecule has 3 fully saturated rings. The third kappa shape index (κ3) is 1.88. The van der Waals surface area contributed by atoms with Crippen molar-refractivity contribution in [3.63, 3.8) is 0 Å². The highest BCUT2D eigenvalue weighted by atomic mass is 79.9. The number of hydrogen-bond donors (Lipinski definition) is 0. The van der Waals surface area contributed by atoms with Crippen molar-refractivity contribution in [1.82, 2.24) is 0 Å². The maximum atomic E-state index is 13.0. The van der Waals surface area contributed by atoms with Crippen molar-refractivity contribution in [2.45, 2.75) is 19.3 Å². The molecule has 0 aromatic heterocycles. The molecule has 0 saturated heterocycles. The molecule has 1 aromatic carbocycles. The fraction of sp³-hybridized carbons (Fsp3) is 0.588. The minimum absolute atomic E-state index is 0.231. The van der Waals surface area contributed by atoms with Crippen molar-refractivity contribution in [3.05, 3.63) is 22.2 Å². The maximum Gasteiger partial charge on any atom is 0.171 e. The van der Waals surface area contributed by atoms with Gasteiger partial charge in [-0.05, 0) is 64.9 Å². The molecule has 21 heavy (non-hydrogen) atoms. The molecule has 1 aromatic rings. The normalized spacial score (nSPS) is 35.5. The molecule has 4 heteroatoms. The van der Waals surface area contributed by atoms with Crippen LogP contribution in [0.25, 0.3) is 0 Å². The Kier molecular flexibility index (Phi) is 3.07. The molecular weight excluding hydrogens is 332 g/mol. The van der Waals surface area contributed by atoms with Gasteiger partial charge in [-0.1, -0.05) is 0 Å². The Morgan fingerprint density at radius 3 is 2.38 bits per heavy atom. The van der Waals surface area contributed by atoms with E-state index in [1.165, 1.54) is 19.3 Å². The van der Waals surface area contributed by atoms with Gasteiger partial charge in [-0.2, -0.15) is 0 Å². The number of fused-ring (bicyclic) bond motifs is 5. The molecule has 112 valence electrons. The van der Waals surface area contributed by atoms with Gasteiger partial charge in [-0.25, -0.2) is 0 Å². The molecule has 0 aliphatic heterocycles. The van der Waals surface area contributed by atoms with Gasteiger partial charge < -0.3 is 9.47 Å².